The van der Waals surface area contributed by atoms with E-state index in [0.29, 0.717) is 5.02 Å². The lowest BCUT2D eigenvalue weighted by Crippen LogP contribution is -2.31. The predicted octanol–water partition coefficient (Wildman–Crippen LogP) is 2.70. The highest BCUT2D eigenvalue weighted by Gasteiger charge is 2.12. The van der Waals surface area contributed by atoms with Gasteiger partial charge in [0.2, 0.25) is 0 Å². The molecule has 0 spiro atoms. The molecule has 2 aromatic carbocycles. The number of primary amides is 1. The first-order chi connectivity index (χ1) is 11.0. The minimum Gasteiger partial charge on any atom is -0.483 e. The molecule has 0 radical (unpaired) electrons. The van der Waals surface area contributed by atoms with Crippen LogP contribution >= 0.6 is 11.6 Å². The number of amides is 2. The van der Waals surface area contributed by atoms with Gasteiger partial charge in [-0.1, -0.05) is 35.9 Å². The van der Waals surface area contributed by atoms with E-state index in [-0.39, 0.29) is 29.9 Å². The van der Waals surface area contributed by atoms with Gasteiger partial charge in [-0.15, -0.1) is 0 Å². The number of benzene rings is 2. The van der Waals surface area contributed by atoms with Crippen LogP contribution in [0.1, 0.15) is 28.9 Å². The van der Waals surface area contributed by atoms with Crippen molar-refractivity contribution in [3.63, 3.8) is 0 Å². The number of carbonyl (C=O) groups is 2. The van der Waals surface area contributed by atoms with Gasteiger partial charge in [-0.05, 0) is 36.8 Å². The van der Waals surface area contributed by atoms with E-state index in [9.17, 15) is 9.59 Å². The summed E-state index contributed by atoms with van der Waals surface area (Å²) < 4.78 is 5.38. The summed E-state index contributed by atoms with van der Waals surface area (Å²) in [5.41, 5.74) is 6.43. The van der Waals surface area contributed by atoms with Crippen molar-refractivity contribution in [3.05, 3.63) is 64.7 Å². The summed E-state index contributed by atoms with van der Waals surface area (Å²) in [7, 11) is 0. The molecule has 120 valence electrons. The second-order valence-electron chi connectivity index (χ2n) is 4.99. The highest BCUT2D eigenvalue weighted by Crippen LogP contribution is 2.18. The molecular formula is C17H17ClN2O3. The standard InChI is InChI=1S/C17H17ClN2O3/c1-11(12-6-8-13(18)9-7-12)20-16(21)10-23-15-5-3-2-4-14(15)17(19)22/h2-9,11H,10H2,1H3,(H2,19,22)(H,20,21)/t11-/m1/s1. The van der Waals surface area contributed by atoms with E-state index in [1.165, 1.54) is 0 Å². The fourth-order valence-corrected chi connectivity index (χ4v) is 2.18. The lowest BCUT2D eigenvalue weighted by molar-refractivity contribution is -0.123. The third kappa shape index (κ3) is 4.72. The number of ether oxygens (including phenoxy) is 1. The quantitative estimate of drug-likeness (QED) is 0.853. The first kappa shape index (κ1) is 16.8. The number of para-hydroxylation sites is 1. The summed E-state index contributed by atoms with van der Waals surface area (Å²) in [6.07, 6.45) is 0. The zero-order valence-corrected chi connectivity index (χ0v) is 13.3. The van der Waals surface area contributed by atoms with E-state index in [1.54, 1.807) is 36.4 Å². The summed E-state index contributed by atoms with van der Waals surface area (Å²) in [5.74, 6) is -0.614. The average Bonchev–Trinajstić information content (AvgIpc) is 2.53. The minimum atomic E-state index is -0.601. The van der Waals surface area contributed by atoms with Gasteiger partial charge in [0.25, 0.3) is 11.8 Å². The van der Waals surface area contributed by atoms with Crippen molar-refractivity contribution in [1.82, 2.24) is 5.32 Å². The third-order valence-corrected chi connectivity index (χ3v) is 3.51. The summed E-state index contributed by atoms with van der Waals surface area (Å²) in [5, 5.41) is 3.45. The van der Waals surface area contributed by atoms with Gasteiger partial charge in [-0.25, -0.2) is 0 Å². The normalized spacial score (nSPS) is 11.6. The van der Waals surface area contributed by atoms with E-state index >= 15 is 0 Å². The van der Waals surface area contributed by atoms with E-state index in [1.807, 2.05) is 19.1 Å². The number of hydrogen-bond donors (Lipinski definition) is 2. The molecule has 0 bridgehead atoms. The third-order valence-electron chi connectivity index (χ3n) is 3.26. The van der Waals surface area contributed by atoms with Gasteiger partial charge in [-0.2, -0.15) is 0 Å². The molecule has 0 saturated heterocycles. The van der Waals surface area contributed by atoms with Crippen molar-refractivity contribution in [3.8, 4) is 5.75 Å². The van der Waals surface area contributed by atoms with Crippen molar-refractivity contribution >= 4 is 23.4 Å². The van der Waals surface area contributed by atoms with Gasteiger partial charge < -0.3 is 15.8 Å². The summed E-state index contributed by atoms with van der Waals surface area (Å²) in [4.78, 5) is 23.3. The van der Waals surface area contributed by atoms with Crippen LogP contribution in [0.25, 0.3) is 0 Å². The highest BCUT2D eigenvalue weighted by atomic mass is 35.5. The molecule has 0 heterocycles. The summed E-state index contributed by atoms with van der Waals surface area (Å²) in [6.45, 7) is 1.65. The van der Waals surface area contributed by atoms with Crippen LogP contribution in [-0.4, -0.2) is 18.4 Å². The van der Waals surface area contributed by atoms with Crippen molar-refractivity contribution in [2.24, 2.45) is 5.73 Å². The Bertz CT molecular complexity index is 701. The minimum absolute atomic E-state index is 0.185. The molecule has 0 fully saturated rings. The second-order valence-corrected chi connectivity index (χ2v) is 5.43. The molecule has 0 aromatic heterocycles. The molecule has 0 aliphatic carbocycles. The molecule has 0 aliphatic heterocycles. The molecule has 5 nitrogen and oxygen atoms in total. The molecule has 2 amide bonds. The maximum atomic E-state index is 12.0. The fourth-order valence-electron chi connectivity index (χ4n) is 2.06. The first-order valence-corrected chi connectivity index (χ1v) is 7.41. The van der Waals surface area contributed by atoms with Crippen molar-refractivity contribution in [2.75, 3.05) is 6.61 Å². The zero-order chi connectivity index (χ0) is 16.8. The average molecular weight is 333 g/mol. The lowest BCUT2D eigenvalue weighted by atomic mass is 10.1. The van der Waals surface area contributed by atoms with Gasteiger partial charge in [-0.3, -0.25) is 9.59 Å². The van der Waals surface area contributed by atoms with Crippen molar-refractivity contribution in [1.29, 1.82) is 0 Å². The monoisotopic (exact) mass is 332 g/mol. The number of carbonyl (C=O) groups excluding carboxylic acids is 2. The van der Waals surface area contributed by atoms with Gasteiger partial charge in [0, 0.05) is 5.02 Å². The van der Waals surface area contributed by atoms with Crippen LogP contribution < -0.4 is 15.8 Å². The molecule has 1 atom stereocenters. The molecular weight excluding hydrogens is 316 g/mol. The van der Waals surface area contributed by atoms with Crippen molar-refractivity contribution in [2.45, 2.75) is 13.0 Å². The SMILES string of the molecule is C[C@@H](NC(=O)COc1ccccc1C(N)=O)c1ccc(Cl)cc1. The van der Waals surface area contributed by atoms with E-state index in [2.05, 4.69) is 5.32 Å². The molecule has 0 unspecified atom stereocenters. The number of halogens is 1. The Morgan fingerprint density at radius 2 is 1.83 bits per heavy atom. The molecule has 0 aliphatic rings. The molecule has 6 heteroatoms. The van der Waals surface area contributed by atoms with Gasteiger partial charge >= 0.3 is 0 Å². The molecule has 23 heavy (non-hydrogen) atoms. The highest BCUT2D eigenvalue weighted by molar-refractivity contribution is 6.30. The maximum Gasteiger partial charge on any atom is 0.258 e. The Labute approximate surface area is 139 Å². The van der Waals surface area contributed by atoms with Gasteiger partial charge in [0.1, 0.15) is 5.75 Å². The fraction of sp³-hybridized carbons (Fsp3) is 0.176. The molecule has 0 saturated carbocycles. The topological polar surface area (TPSA) is 81.4 Å². The Morgan fingerprint density at radius 1 is 1.17 bits per heavy atom. The van der Waals surface area contributed by atoms with E-state index in [0.717, 1.165) is 5.56 Å². The Hall–Kier alpha value is -2.53. The lowest BCUT2D eigenvalue weighted by Gasteiger charge is -2.15. The van der Waals surface area contributed by atoms with Crippen LogP contribution in [0, 0.1) is 0 Å². The predicted molar refractivity (Wildman–Crippen MR) is 88.5 cm³/mol. The van der Waals surface area contributed by atoms with Crippen LogP contribution in [0.5, 0.6) is 5.75 Å². The summed E-state index contributed by atoms with van der Waals surface area (Å²) >= 11 is 5.83. The Morgan fingerprint density at radius 3 is 2.48 bits per heavy atom. The zero-order valence-electron chi connectivity index (χ0n) is 12.6. The van der Waals surface area contributed by atoms with Crippen LogP contribution in [0.3, 0.4) is 0 Å². The van der Waals surface area contributed by atoms with Gasteiger partial charge in [0.05, 0.1) is 11.6 Å². The van der Waals surface area contributed by atoms with Crippen LogP contribution in [-0.2, 0) is 4.79 Å². The van der Waals surface area contributed by atoms with Crippen molar-refractivity contribution < 1.29 is 14.3 Å². The van der Waals surface area contributed by atoms with Crippen LogP contribution in [0.4, 0.5) is 0 Å². The number of hydrogen-bond acceptors (Lipinski definition) is 3. The Balaban J connectivity index is 1.93. The molecule has 2 aromatic rings. The van der Waals surface area contributed by atoms with Crippen LogP contribution in [0.15, 0.2) is 48.5 Å². The van der Waals surface area contributed by atoms with E-state index in [4.69, 9.17) is 22.1 Å². The number of nitrogens with one attached hydrogen (secondary N) is 1. The number of nitrogens with two attached hydrogens (primary N) is 1. The first-order valence-electron chi connectivity index (χ1n) is 7.04. The largest absolute Gasteiger partial charge is 0.483 e. The smallest absolute Gasteiger partial charge is 0.258 e. The van der Waals surface area contributed by atoms with Crippen LogP contribution in [0.2, 0.25) is 5.02 Å². The molecule has 3 N–H and O–H groups in total. The van der Waals surface area contributed by atoms with E-state index < -0.39 is 5.91 Å². The molecule has 2 rings (SSSR count). The Kier molecular flexibility index (Phi) is 5.60. The summed E-state index contributed by atoms with van der Waals surface area (Å²) in [6, 6.07) is 13.5. The second kappa shape index (κ2) is 7.65. The maximum absolute atomic E-state index is 12.0. The van der Waals surface area contributed by atoms with Gasteiger partial charge in [0.15, 0.2) is 6.61 Å². The number of rotatable bonds is 6.